The van der Waals surface area contributed by atoms with E-state index in [0.717, 1.165) is 19.6 Å². The Balaban J connectivity index is 1.95. The smallest absolute Gasteiger partial charge is 0.0450 e. The zero-order chi connectivity index (χ0) is 13.8. The molecule has 0 aliphatic carbocycles. The summed E-state index contributed by atoms with van der Waals surface area (Å²) in [5.41, 5.74) is 8.97. The van der Waals surface area contributed by atoms with E-state index in [1.807, 2.05) is 0 Å². The number of nitrogens with two attached hydrogens (primary N) is 1. The highest BCUT2D eigenvalue weighted by molar-refractivity contribution is 5.24. The molecule has 19 heavy (non-hydrogen) atoms. The second-order valence-corrected chi connectivity index (χ2v) is 5.65. The summed E-state index contributed by atoms with van der Waals surface area (Å²) in [7, 11) is 0. The Hall–Kier alpha value is -0.900. The third-order valence-corrected chi connectivity index (χ3v) is 4.41. The molecular weight excluding hydrogens is 234 g/mol. The van der Waals surface area contributed by atoms with Gasteiger partial charge in [-0.3, -0.25) is 4.90 Å². The molecule has 0 bridgehead atoms. The fourth-order valence-corrected chi connectivity index (χ4v) is 2.78. The third-order valence-electron chi connectivity index (χ3n) is 4.41. The summed E-state index contributed by atoms with van der Waals surface area (Å²) in [5, 5.41) is 0. The van der Waals surface area contributed by atoms with Crippen LogP contribution in [0.25, 0.3) is 0 Å². The van der Waals surface area contributed by atoms with E-state index in [-0.39, 0.29) is 6.04 Å². The van der Waals surface area contributed by atoms with Gasteiger partial charge in [0.15, 0.2) is 0 Å². The van der Waals surface area contributed by atoms with Gasteiger partial charge >= 0.3 is 0 Å². The Labute approximate surface area is 117 Å². The largest absolute Gasteiger partial charge is 0.323 e. The van der Waals surface area contributed by atoms with Gasteiger partial charge in [-0.25, -0.2) is 0 Å². The number of hydrogen-bond acceptors (Lipinski definition) is 3. The molecule has 1 heterocycles. The average Bonchev–Trinajstić information content (AvgIpc) is 2.46. The van der Waals surface area contributed by atoms with Crippen molar-refractivity contribution in [1.82, 2.24) is 9.80 Å². The van der Waals surface area contributed by atoms with Crippen LogP contribution in [0.1, 0.15) is 31.0 Å². The van der Waals surface area contributed by atoms with Gasteiger partial charge in [-0.2, -0.15) is 0 Å². The molecule has 0 radical (unpaired) electrons. The fourth-order valence-electron chi connectivity index (χ4n) is 2.78. The van der Waals surface area contributed by atoms with Gasteiger partial charge in [-0.1, -0.05) is 36.8 Å². The fraction of sp³-hybridized carbons (Fsp3) is 0.625. The number of rotatable bonds is 4. The molecular formula is C16H27N3. The second kappa shape index (κ2) is 6.51. The van der Waals surface area contributed by atoms with E-state index in [0.29, 0.717) is 6.04 Å². The molecule has 1 aliphatic heterocycles. The van der Waals surface area contributed by atoms with E-state index >= 15 is 0 Å². The predicted octanol–water partition coefficient (Wildman–Crippen LogP) is 2.02. The van der Waals surface area contributed by atoms with Gasteiger partial charge in [-0.15, -0.1) is 0 Å². The molecule has 3 nitrogen and oxygen atoms in total. The highest BCUT2D eigenvalue weighted by Gasteiger charge is 2.25. The minimum absolute atomic E-state index is 0.105. The van der Waals surface area contributed by atoms with Gasteiger partial charge in [0.05, 0.1) is 0 Å². The molecule has 106 valence electrons. The van der Waals surface area contributed by atoms with Gasteiger partial charge in [-0.05, 0) is 26.0 Å². The number of nitrogens with zero attached hydrogens (tertiary/aromatic N) is 2. The Kier molecular flexibility index (Phi) is 4.97. The zero-order valence-corrected chi connectivity index (χ0v) is 12.5. The molecule has 2 atom stereocenters. The van der Waals surface area contributed by atoms with Crippen molar-refractivity contribution in [3.63, 3.8) is 0 Å². The van der Waals surface area contributed by atoms with Crippen LogP contribution in [0.4, 0.5) is 0 Å². The Morgan fingerprint density at radius 1 is 1.11 bits per heavy atom. The third kappa shape index (κ3) is 3.56. The lowest BCUT2D eigenvalue weighted by Crippen LogP contribution is -2.51. The summed E-state index contributed by atoms with van der Waals surface area (Å²) in [6.45, 7) is 12.4. The van der Waals surface area contributed by atoms with E-state index in [9.17, 15) is 0 Å². The normalized spacial score (nSPS) is 21.3. The highest BCUT2D eigenvalue weighted by atomic mass is 15.3. The first-order chi connectivity index (χ1) is 9.11. The van der Waals surface area contributed by atoms with Crippen LogP contribution in [-0.2, 0) is 0 Å². The summed E-state index contributed by atoms with van der Waals surface area (Å²) in [4.78, 5) is 5.03. The van der Waals surface area contributed by atoms with Crippen LogP contribution in [-0.4, -0.2) is 48.6 Å². The quantitative estimate of drug-likeness (QED) is 0.900. The van der Waals surface area contributed by atoms with E-state index < -0.39 is 0 Å². The first-order valence-electron chi connectivity index (χ1n) is 7.40. The molecule has 2 rings (SSSR count). The highest BCUT2D eigenvalue weighted by Crippen LogP contribution is 2.20. The van der Waals surface area contributed by atoms with Gasteiger partial charge in [0.2, 0.25) is 0 Å². The van der Waals surface area contributed by atoms with Crippen molar-refractivity contribution >= 4 is 0 Å². The average molecular weight is 261 g/mol. The molecule has 2 N–H and O–H groups in total. The summed E-state index contributed by atoms with van der Waals surface area (Å²) in [5.74, 6) is 0. The van der Waals surface area contributed by atoms with Crippen molar-refractivity contribution < 1.29 is 0 Å². The van der Waals surface area contributed by atoms with E-state index in [1.54, 1.807) is 0 Å². The lowest BCUT2D eigenvalue weighted by Gasteiger charge is -2.39. The molecule has 1 fully saturated rings. The maximum absolute atomic E-state index is 6.43. The van der Waals surface area contributed by atoms with Crippen LogP contribution < -0.4 is 5.73 Å². The van der Waals surface area contributed by atoms with Gasteiger partial charge in [0, 0.05) is 38.3 Å². The maximum atomic E-state index is 6.43. The Morgan fingerprint density at radius 2 is 1.68 bits per heavy atom. The van der Waals surface area contributed by atoms with Crippen LogP contribution in [0.5, 0.6) is 0 Å². The number of piperazine rings is 1. The van der Waals surface area contributed by atoms with Crippen molar-refractivity contribution in [3.05, 3.63) is 35.4 Å². The molecule has 0 amide bonds. The van der Waals surface area contributed by atoms with Crippen LogP contribution >= 0.6 is 0 Å². The molecule has 1 aromatic carbocycles. The summed E-state index contributed by atoms with van der Waals surface area (Å²) in [6, 6.07) is 9.14. The SMILES string of the molecule is CCN1CCN(C(C)C(N)c2ccc(C)cc2)CC1. The zero-order valence-electron chi connectivity index (χ0n) is 12.5. The number of benzene rings is 1. The number of likely N-dealkylation sites (N-methyl/N-ethyl adjacent to an activating group) is 1. The Morgan fingerprint density at radius 3 is 2.21 bits per heavy atom. The molecule has 1 aromatic rings. The lowest BCUT2D eigenvalue weighted by molar-refractivity contribution is 0.0950. The van der Waals surface area contributed by atoms with Crippen LogP contribution in [0.3, 0.4) is 0 Å². The van der Waals surface area contributed by atoms with E-state index in [1.165, 1.54) is 24.2 Å². The summed E-state index contributed by atoms with van der Waals surface area (Å²) >= 11 is 0. The monoisotopic (exact) mass is 261 g/mol. The molecule has 1 aliphatic rings. The first-order valence-corrected chi connectivity index (χ1v) is 7.40. The van der Waals surface area contributed by atoms with Gasteiger partial charge < -0.3 is 10.6 Å². The summed E-state index contributed by atoms with van der Waals surface area (Å²) in [6.07, 6.45) is 0. The molecule has 1 saturated heterocycles. The van der Waals surface area contributed by atoms with E-state index in [2.05, 4.69) is 54.8 Å². The van der Waals surface area contributed by atoms with Crippen molar-refractivity contribution in [2.24, 2.45) is 5.73 Å². The minimum Gasteiger partial charge on any atom is -0.323 e. The Bertz CT molecular complexity index is 379. The maximum Gasteiger partial charge on any atom is 0.0450 e. The van der Waals surface area contributed by atoms with Gasteiger partial charge in [0.25, 0.3) is 0 Å². The van der Waals surface area contributed by atoms with Crippen molar-refractivity contribution in [1.29, 1.82) is 0 Å². The molecule has 0 spiro atoms. The topological polar surface area (TPSA) is 32.5 Å². The predicted molar refractivity (Wildman–Crippen MR) is 81.3 cm³/mol. The van der Waals surface area contributed by atoms with Crippen LogP contribution in [0, 0.1) is 6.92 Å². The minimum atomic E-state index is 0.105. The van der Waals surface area contributed by atoms with Crippen molar-refractivity contribution in [2.75, 3.05) is 32.7 Å². The van der Waals surface area contributed by atoms with Crippen molar-refractivity contribution in [2.45, 2.75) is 32.9 Å². The molecule has 0 aromatic heterocycles. The molecule has 3 heteroatoms. The molecule has 0 saturated carbocycles. The van der Waals surface area contributed by atoms with Crippen molar-refractivity contribution in [3.8, 4) is 0 Å². The van der Waals surface area contributed by atoms with Crippen LogP contribution in [0.2, 0.25) is 0 Å². The number of hydrogen-bond donors (Lipinski definition) is 1. The first kappa shape index (κ1) is 14.5. The summed E-state index contributed by atoms with van der Waals surface area (Å²) < 4.78 is 0. The standard InChI is InChI=1S/C16H27N3/c1-4-18-9-11-19(12-10-18)14(3)16(17)15-7-5-13(2)6-8-15/h5-8,14,16H,4,9-12,17H2,1-3H3. The van der Waals surface area contributed by atoms with E-state index in [4.69, 9.17) is 5.73 Å². The lowest BCUT2D eigenvalue weighted by atomic mass is 9.98. The molecule has 2 unspecified atom stereocenters. The number of aryl methyl sites for hydroxylation is 1. The second-order valence-electron chi connectivity index (χ2n) is 5.65. The van der Waals surface area contributed by atoms with Crippen LogP contribution in [0.15, 0.2) is 24.3 Å². The van der Waals surface area contributed by atoms with Gasteiger partial charge in [0.1, 0.15) is 0 Å².